The lowest BCUT2D eigenvalue weighted by molar-refractivity contribution is 0.397. The van der Waals surface area contributed by atoms with Crippen molar-refractivity contribution in [3.05, 3.63) is 79.0 Å². The van der Waals surface area contributed by atoms with E-state index in [1.807, 2.05) is 36.4 Å². The van der Waals surface area contributed by atoms with Crippen LogP contribution in [0.2, 0.25) is 0 Å². The quantitative estimate of drug-likeness (QED) is 0.494. The lowest BCUT2D eigenvalue weighted by Gasteiger charge is -2.13. The summed E-state index contributed by atoms with van der Waals surface area (Å²) < 4.78 is 33.9. The van der Waals surface area contributed by atoms with E-state index in [4.69, 9.17) is 4.74 Å². The molecule has 0 saturated carbocycles. The maximum Gasteiger partial charge on any atom is 0.265 e. The van der Waals surface area contributed by atoms with Crippen LogP contribution in [0.25, 0.3) is 22.4 Å². The highest BCUT2D eigenvalue weighted by Crippen LogP contribution is 2.30. The molecule has 9 heteroatoms. The average Bonchev–Trinajstić information content (AvgIpc) is 2.81. The van der Waals surface area contributed by atoms with Crippen molar-refractivity contribution >= 4 is 15.8 Å². The summed E-state index contributed by atoms with van der Waals surface area (Å²) in [5.74, 6) is 0.102. The second-order valence-electron chi connectivity index (χ2n) is 6.64. The maximum absolute atomic E-state index is 13.2. The fraction of sp³-hybridized carbons (Fsp3) is 0.0909. The van der Waals surface area contributed by atoms with E-state index in [1.54, 1.807) is 31.6 Å². The molecule has 0 saturated heterocycles. The molecule has 156 valence electrons. The molecule has 0 spiro atoms. The predicted molar refractivity (Wildman–Crippen MR) is 117 cm³/mol. The molecule has 4 rings (SSSR count). The van der Waals surface area contributed by atoms with Gasteiger partial charge in [-0.15, -0.1) is 0 Å². The Labute approximate surface area is 180 Å². The minimum atomic E-state index is -4.00. The van der Waals surface area contributed by atoms with E-state index in [0.717, 1.165) is 11.1 Å². The summed E-state index contributed by atoms with van der Waals surface area (Å²) in [5.41, 5.74) is 3.53. The molecule has 1 N–H and O–H groups in total. The van der Waals surface area contributed by atoms with Gasteiger partial charge in [-0.3, -0.25) is 14.7 Å². The summed E-state index contributed by atoms with van der Waals surface area (Å²) in [6, 6.07) is 14.3. The van der Waals surface area contributed by atoms with Crippen LogP contribution in [0.3, 0.4) is 0 Å². The fourth-order valence-electron chi connectivity index (χ4n) is 3.03. The third kappa shape index (κ3) is 4.36. The number of aromatic nitrogens is 4. The van der Waals surface area contributed by atoms with Gasteiger partial charge in [0, 0.05) is 24.2 Å². The van der Waals surface area contributed by atoms with Crippen LogP contribution < -0.4 is 9.46 Å². The van der Waals surface area contributed by atoms with Gasteiger partial charge in [-0.05, 0) is 36.2 Å². The molecule has 0 radical (unpaired) electrons. The molecule has 0 amide bonds. The van der Waals surface area contributed by atoms with Gasteiger partial charge in [0.2, 0.25) is 5.82 Å². The Morgan fingerprint density at radius 1 is 0.871 bits per heavy atom. The normalized spacial score (nSPS) is 11.2. The Balaban J connectivity index is 1.70. The Bertz CT molecular complexity index is 1310. The highest BCUT2D eigenvalue weighted by Gasteiger charge is 2.23. The summed E-state index contributed by atoms with van der Waals surface area (Å²) >= 11 is 0. The Morgan fingerprint density at radius 2 is 1.61 bits per heavy atom. The number of nitrogens with one attached hydrogen (secondary N) is 1. The minimum Gasteiger partial charge on any atom is -0.478 e. The average molecular weight is 433 g/mol. The molecule has 0 aliphatic rings. The lowest BCUT2D eigenvalue weighted by atomic mass is 10.0. The van der Waals surface area contributed by atoms with E-state index >= 15 is 0 Å². The number of rotatable bonds is 6. The molecule has 1 aromatic carbocycles. The van der Waals surface area contributed by atoms with Crippen molar-refractivity contribution in [3.8, 4) is 28.3 Å². The van der Waals surface area contributed by atoms with E-state index < -0.39 is 10.0 Å². The molecule has 0 atom stereocenters. The minimum absolute atomic E-state index is 0.00910. The zero-order valence-electron chi connectivity index (χ0n) is 16.9. The summed E-state index contributed by atoms with van der Waals surface area (Å²) in [7, 11) is -2.60. The van der Waals surface area contributed by atoms with Crippen molar-refractivity contribution in [1.29, 1.82) is 0 Å². The SMILES string of the molecule is COc1nc(C)cnc1NS(=O)(=O)c1cccnc1-c1ccc(-c2cccnc2)cc1. The number of methoxy groups -OCH3 is 1. The molecule has 31 heavy (non-hydrogen) atoms. The maximum atomic E-state index is 13.2. The number of hydrogen-bond acceptors (Lipinski definition) is 7. The van der Waals surface area contributed by atoms with Gasteiger partial charge in [0.25, 0.3) is 15.9 Å². The zero-order valence-corrected chi connectivity index (χ0v) is 17.7. The van der Waals surface area contributed by atoms with Gasteiger partial charge in [-0.2, -0.15) is 0 Å². The van der Waals surface area contributed by atoms with Crippen molar-refractivity contribution in [1.82, 2.24) is 19.9 Å². The van der Waals surface area contributed by atoms with Crippen molar-refractivity contribution in [2.24, 2.45) is 0 Å². The lowest BCUT2D eigenvalue weighted by Crippen LogP contribution is -2.16. The number of aryl methyl sites for hydroxylation is 1. The number of pyridine rings is 2. The monoisotopic (exact) mass is 433 g/mol. The van der Waals surface area contributed by atoms with Crippen LogP contribution in [0.5, 0.6) is 5.88 Å². The topological polar surface area (TPSA) is 107 Å². The van der Waals surface area contributed by atoms with Gasteiger partial charge >= 0.3 is 0 Å². The van der Waals surface area contributed by atoms with Crippen LogP contribution in [-0.2, 0) is 10.0 Å². The molecular formula is C22H19N5O3S. The molecule has 0 aliphatic carbocycles. The van der Waals surface area contributed by atoms with E-state index in [-0.39, 0.29) is 16.6 Å². The van der Waals surface area contributed by atoms with Gasteiger partial charge in [0.05, 0.1) is 24.7 Å². The number of benzene rings is 1. The number of anilines is 1. The Kier molecular flexibility index (Phi) is 5.59. The van der Waals surface area contributed by atoms with Crippen molar-refractivity contribution in [3.63, 3.8) is 0 Å². The first-order valence-electron chi connectivity index (χ1n) is 9.34. The highest BCUT2D eigenvalue weighted by molar-refractivity contribution is 7.92. The molecule has 0 aliphatic heterocycles. The first-order valence-corrected chi connectivity index (χ1v) is 10.8. The molecule has 3 aromatic heterocycles. The second kappa shape index (κ2) is 8.49. The van der Waals surface area contributed by atoms with Gasteiger partial charge in [-0.25, -0.2) is 18.4 Å². The van der Waals surface area contributed by atoms with Crippen LogP contribution in [0.1, 0.15) is 5.69 Å². The first-order chi connectivity index (χ1) is 15.0. The number of hydrogen-bond donors (Lipinski definition) is 1. The second-order valence-corrected chi connectivity index (χ2v) is 8.29. The predicted octanol–water partition coefficient (Wildman–Crippen LogP) is 3.72. The highest BCUT2D eigenvalue weighted by atomic mass is 32.2. The van der Waals surface area contributed by atoms with Crippen LogP contribution in [0, 0.1) is 6.92 Å². The molecular weight excluding hydrogens is 414 g/mol. The van der Waals surface area contributed by atoms with Gasteiger partial charge in [0.1, 0.15) is 4.90 Å². The number of nitrogens with zero attached hydrogens (tertiary/aromatic N) is 4. The third-order valence-electron chi connectivity index (χ3n) is 4.50. The van der Waals surface area contributed by atoms with E-state index in [0.29, 0.717) is 17.0 Å². The van der Waals surface area contributed by atoms with Crippen LogP contribution in [-0.4, -0.2) is 35.5 Å². The van der Waals surface area contributed by atoms with Gasteiger partial charge in [-0.1, -0.05) is 30.3 Å². The summed E-state index contributed by atoms with van der Waals surface area (Å²) in [5, 5.41) is 0. The molecule has 3 heterocycles. The van der Waals surface area contributed by atoms with E-state index in [2.05, 4.69) is 24.7 Å². The molecule has 8 nitrogen and oxygen atoms in total. The molecule has 0 bridgehead atoms. The summed E-state index contributed by atoms with van der Waals surface area (Å²) in [6.07, 6.45) is 6.49. The van der Waals surface area contributed by atoms with Crippen molar-refractivity contribution < 1.29 is 13.2 Å². The van der Waals surface area contributed by atoms with Crippen molar-refractivity contribution in [2.45, 2.75) is 11.8 Å². The van der Waals surface area contributed by atoms with Crippen LogP contribution in [0.4, 0.5) is 5.82 Å². The van der Waals surface area contributed by atoms with Gasteiger partial charge < -0.3 is 4.74 Å². The fourth-order valence-corrected chi connectivity index (χ4v) is 4.22. The number of ether oxygens (including phenoxy) is 1. The first kappa shape index (κ1) is 20.4. The number of sulfonamides is 1. The van der Waals surface area contributed by atoms with Gasteiger partial charge in [0.15, 0.2) is 0 Å². The Hall–Kier alpha value is -3.85. The molecule has 0 unspecified atom stereocenters. The molecule has 0 fully saturated rings. The standard InChI is InChI=1S/C22H19N5O3S/c1-15-13-25-21(22(26-15)30-2)27-31(28,29)19-6-4-12-24-20(19)17-9-7-16(8-10-17)18-5-3-11-23-14-18/h3-14H,1-2H3,(H,25,27). The van der Waals surface area contributed by atoms with E-state index in [9.17, 15) is 8.42 Å². The largest absolute Gasteiger partial charge is 0.478 e. The zero-order chi connectivity index (χ0) is 21.8. The summed E-state index contributed by atoms with van der Waals surface area (Å²) in [6.45, 7) is 1.74. The van der Waals surface area contributed by atoms with Crippen molar-refractivity contribution in [2.75, 3.05) is 11.8 Å². The Morgan fingerprint density at radius 3 is 2.32 bits per heavy atom. The smallest absolute Gasteiger partial charge is 0.265 e. The van der Waals surface area contributed by atoms with Crippen LogP contribution in [0.15, 0.2) is 78.2 Å². The third-order valence-corrected chi connectivity index (χ3v) is 5.87. The molecule has 4 aromatic rings. The van der Waals surface area contributed by atoms with Crippen LogP contribution >= 0.6 is 0 Å². The summed E-state index contributed by atoms with van der Waals surface area (Å²) in [4.78, 5) is 16.7. The van der Waals surface area contributed by atoms with E-state index in [1.165, 1.54) is 19.4 Å².